The molecule has 6 heteroatoms. The molecule has 1 rings (SSSR count). The molecule has 0 bridgehead atoms. The highest BCUT2D eigenvalue weighted by Gasteiger charge is 2.43. The molecule has 17 heavy (non-hydrogen) atoms. The van der Waals surface area contributed by atoms with Gasteiger partial charge in [0, 0.05) is 6.42 Å². The van der Waals surface area contributed by atoms with Gasteiger partial charge in [0.2, 0.25) is 0 Å². The molecule has 0 saturated carbocycles. The smallest absolute Gasteiger partial charge is 0.403 e. The summed E-state index contributed by atoms with van der Waals surface area (Å²) in [7, 11) is 0. The molecule has 1 aliphatic heterocycles. The van der Waals surface area contributed by atoms with Gasteiger partial charge in [0.1, 0.15) is 12.1 Å². The van der Waals surface area contributed by atoms with Gasteiger partial charge in [-0.15, -0.1) is 0 Å². The molecule has 100 valence electrons. The van der Waals surface area contributed by atoms with Crippen molar-refractivity contribution in [3.05, 3.63) is 0 Å². The van der Waals surface area contributed by atoms with Crippen molar-refractivity contribution in [3.8, 4) is 0 Å². The van der Waals surface area contributed by atoms with Crippen LogP contribution in [0.2, 0.25) is 0 Å². The van der Waals surface area contributed by atoms with E-state index in [0.717, 1.165) is 0 Å². The highest BCUT2D eigenvalue weighted by atomic mass is 19.4. The molecule has 0 aromatic heterocycles. The first-order chi connectivity index (χ1) is 7.60. The highest BCUT2D eigenvalue weighted by molar-refractivity contribution is 5.75. The van der Waals surface area contributed by atoms with Crippen molar-refractivity contribution in [2.75, 3.05) is 6.54 Å². The first-order valence-electron chi connectivity index (χ1n) is 5.62. The topological polar surface area (TPSA) is 38.3 Å². The van der Waals surface area contributed by atoms with Gasteiger partial charge in [-0.05, 0) is 33.7 Å². The molecular weight excluding hydrogens is 235 g/mol. The van der Waals surface area contributed by atoms with E-state index in [0.29, 0.717) is 6.42 Å². The molecule has 2 atom stereocenters. The van der Waals surface area contributed by atoms with Crippen LogP contribution in [0, 0.1) is 5.41 Å². The molecular formula is C11H18F3NO2. The number of hydrogen-bond acceptors (Lipinski definition) is 3. The van der Waals surface area contributed by atoms with Crippen LogP contribution in [-0.4, -0.2) is 30.8 Å². The Balaban J connectivity index is 2.54. The number of alkyl halides is 3. The molecule has 0 spiro atoms. The van der Waals surface area contributed by atoms with Crippen LogP contribution in [-0.2, 0) is 9.53 Å². The number of rotatable bonds is 1. The number of carbonyl (C=O) groups excluding carboxylic acids is 1. The van der Waals surface area contributed by atoms with Crippen molar-refractivity contribution in [2.45, 2.75) is 51.9 Å². The average molecular weight is 253 g/mol. The molecule has 3 nitrogen and oxygen atoms in total. The lowest BCUT2D eigenvalue weighted by atomic mass is 9.96. The number of esters is 1. The average Bonchev–Trinajstić information content (AvgIpc) is 2.15. The summed E-state index contributed by atoms with van der Waals surface area (Å²) in [5.41, 5.74) is -0.682. The van der Waals surface area contributed by atoms with Crippen LogP contribution in [0.5, 0.6) is 0 Å². The minimum atomic E-state index is -4.28. The van der Waals surface area contributed by atoms with Crippen molar-refractivity contribution in [1.29, 1.82) is 0 Å². The standard InChI is InChI=1S/C11H18F3NO2/c1-10(2,3)9(16)17-7-4-5-15-8(6-7)11(12,13)14/h7-8,15H,4-6H2,1-3H3. The summed E-state index contributed by atoms with van der Waals surface area (Å²) < 4.78 is 42.6. The Bertz CT molecular complexity index is 283. The van der Waals surface area contributed by atoms with Gasteiger partial charge in [0.25, 0.3) is 0 Å². The first kappa shape index (κ1) is 14.3. The number of piperidine rings is 1. The second-order valence-electron chi connectivity index (χ2n) is 5.35. The monoisotopic (exact) mass is 253 g/mol. The Labute approximate surface area is 98.7 Å². The summed E-state index contributed by atoms with van der Waals surface area (Å²) in [4.78, 5) is 11.6. The number of hydrogen-bond donors (Lipinski definition) is 1. The first-order valence-corrected chi connectivity index (χ1v) is 5.62. The second kappa shape index (κ2) is 4.84. The Morgan fingerprint density at radius 1 is 1.29 bits per heavy atom. The molecule has 1 heterocycles. The summed E-state index contributed by atoms with van der Waals surface area (Å²) in [6.45, 7) is 5.25. The fourth-order valence-electron chi connectivity index (χ4n) is 1.57. The largest absolute Gasteiger partial charge is 0.462 e. The van der Waals surface area contributed by atoms with Crippen LogP contribution in [0.3, 0.4) is 0 Å². The predicted molar refractivity (Wildman–Crippen MR) is 56.4 cm³/mol. The number of carbonyl (C=O) groups is 1. The van der Waals surface area contributed by atoms with E-state index < -0.39 is 29.7 Å². The third-order valence-electron chi connectivity index (χ3n) is 2.64. The number of nitrogens with one attached hydrogen (secondary N) is 1. The van der Waals surface area contributed by atoms with Crippen LogP contribution in [0.15, 0.2) is 0 Å². The van der Waals surface area contributed by atoms with Crippen LogP contribution in [0.4, 0.5) is 13.2 Å². The van der Waals surface area contributed by atoms with Crippen molar-refractivity contribution in [3.63, 3.8) is 0 Å². The van der Waals surface area contributed by atoms with E-state index in [-0.39, 0.29) is 13.0 Å². The maximum atomic E-state index is 12.5. The summed E-state index contributed by atoms with van der Waals surface area (Å²) in [6.07, 6.45) is -4.71. The molecule has 0 amide bonds. The maximum Gasteiger partial charge on any atom is 0.403 e. The maximum absolute atomic E-state index is 12.5. The summed E-state index contributed by atoms with van der Waals surface area (Å²) in [5.74, 6) is -0.453. The molecule has 1 N–H and O–H groups in total. The lowest BCUT2D eigenvalue weighted by Gasteiger charge is -2.32. The van der Waals surface area contributed by atoms with Gasteiger partial charge in [-0.2, -0.15) is 13.2 Å². The zero-order valence-corrected chi connectivity index (χ0v) is 10.2. The SMILES string of the molecule is CC(C)(C)C(=O)OC1CCNC(C(F)(F)F)C1. The van der Waals surface area contributed by atoms with E-state index in [1.165, 1.54) is 0 Å². The van der Waals surface area contributed by atoms with E-state index in [1.807, 2.05) is 0 Å². The third kappa shape index (κ3) is 4.18. The third-order valence-corrected chi connectivity index (χ3v) is 2.64. The van der Waals surface area contributed by atoms with Gasteiger partial charge in [0.15, 0.2) is 0 Å². The van der Waals surface area contributed by atoms with Crippen LogP contribution in [0.25, 0.3) is 0 Å². The Morgan fingerprint density at radius 2 is 1.88 bits per heavy atom. The van der Waals surface area contributed by atoms with Crippen LogP contribution < -0.4 is 5.32 Å². The van der Waals surface area contributed by atoms with Crippen molar-refractivity contribution in [2.24, 2.45) is 5.41 Å². The van der Waals surface area contributed by atoms with Gasteiger partial charge < -0.3 is 10.1 Å². The zero-order chi connectivity index (χ0) is 13.3. The molecule has 2 unspecified atom stereocenters. The molecule has 1 fully saturated rings. The van der Waals surface area contributed by atoms with E-state index in [2.05, 4.69) is 5.32 Å². The molecule has 0 aromatic rings. The zero-order valence-electron chi connectivity index (χ0n) is 10.2. The molecule has 0 aromatic carbocycles. The van der Waals surface area contributed by atoms with E-state index in [9.17, 15) is 18.0 Å². The Morgan fingerprint density at radius 3 is 2.35 bits per heavy atom. The molecule has 0 radical (unpaired) electrons. The summed E-state index contributed by atoms with van der Waals surface area (Å²) >= 11 is 0. The van der Waals surface area contributed by atoms with Crippen molar-refractivity contribution in [1.82, 2.24) is 5.32 Å². The van der Waals surface area contributed by atoms with Gasteiger partial charge >= 0.3 is 12.1 Å². The Kier molecular flexibility index (Phi) is 4.06. The van der Waals surface area contributed by atoms with E-state index in [4.69, 9.17) is 4.74 Å². The normalized spacial score (nSPS) is 26.7. The van der Waals surface area contributed by atoms with E-state index in [1.54, 1.807) is 20.8 Å². The lowest BCUT2D eigenvalue weighted by Crippen LogP contribution is -2.50. The molecule has 0 aliphatic carbocycles. The van der Waals surface area contributed by atoms with Gasteiger partial charge in [-0.25, -0.2) is 0 Å². The Hall–Kier alpha value is -0.780. The lowest BCUT2D eigenvalue weighted by molar-refractivity contribution is -0.179. The highest BCUT2D eigenvalue weighted by Crippen LogP contribution is 2.28. The van der Waals surface area contributed by atoms with Gasteiger partial charge in [-0.1, -0.05) is 0 Å². The predicted octanol–water partition coefficient (Wildman–Crippen LogP) is 2.26. The van der Waals surface area contributed by atoms with Gasteiger partial charge in [-0.3, -0.25) is 4.79 Å². The van der Waals surface area contributed by atoms with E-state index >= 15 is 0 Å². The van der Waals surface area contributed by atoms with Crippen LogP contribution >= 0.6 is 0 Å². The fraction of sp³-hybridized carbons (Fsp3) is 0.909. The molecule has 1 saturated heterocycles. The quantitative estimate of drug-likeness (QED) is 0.728. The van der Waals surface area contributed by atoms with Crippen LogP contribution in [0.1, 0.15) is 33.6 Å². The number of ether oxygens (including phenoxy) is 1. The van der Waals surface area contributed by atoms with Gasteiger partial charge in [0.05, 0.1) is 5.41 Å². The summed E-state index contributed by atoms with van der Waals surface area (Å²) in [6, 6.07) is -1.57. The van der Waals surface area contributed by atoms with Crippen molar-refractivity contribution >= 4 is 5.97 Å². The number of halogens is 3. The second-order valence-corrected chi connectivity index (χ2v) is 5.35. The minimum absolute atomic E-state index is 0.203. The minimum Gasteiger partial charge on any atom is -0.462 e. The van der Waals surface area contributed by atoms with Crippen molar-refractivity contribution < 1.29 is 22.7 Å². The molecule has 1 aliphatic rings. The summed E-state index contributed by atoms with van der Waals surface area (Å²) in [5, 5.41) is 2.38. The fourth-order valence-corrected chi connectivity index (χ4v) is 1.57.